The fourth-order valence-electron chi connectivity index (χ4n) is 2.33. The molecule has 4 nitrogen and oxygen atoms in total. The van der Waals surface area contributed by atoms with Crippen molar-refractivity contribution in [2.24, 2.45) is 0 Å². The largest absolute Gasteiger partial charge is 0.394 e. The van der Waals surface area contributed by atoms with Gasteiger partial charge in [-0.25, -0.2) is 0 Å². The van der Waals surface area contributed by atoms with Gasteiger partial charge >= 0.3 is 0 Å². The third kappa shape index (κ3) is 3.31. The highest BCUT2D eigenvalue weighted by molar-refractivity contribution is 5.77. The first kappa shape index (κ1) is 13.1. The first-order valence-electron chi connectivity index (χ1n) is 6.46. The number of nitrogens with one attached hydrogen (secondary N) is 1. The van der Waals surface area contributed by atoms with Crippen LogP contribution in [0, 0.1) is 0 Å². The maximum atomic E-state index is 12.0. The fourth-order valence-corrected chi connectivity index (χ4v) is 2.33. The summed E-state index contributed by atoms with van der Waals surface area (Å²) in [4.78, 5) is 13.8. The second-order valence-corrected chi connectivity index (χ2v) is 4.61. The Kier molecular flexibility index (Phi) is 4.73. The predicted molar refractivity (Wildman–Crippen MR) is 70.2 cm³/mol. The molecule has 0 spiro atoms. The van der Waals surface area contributed by atoms with Gasteiger partial charge in [-0.3, -0.25) is 4.79 Å². The van der Waals surface area contributed by atoms with E-state index >= 15 is 0 Å². The van der Waals surface area contributed by atoms with Crippen LogP contribution in [0.15, 0.2) is 30.3 Å². The van der Waals surface area contributed by atoms with Crippen LogP contribution in [0.5, 0.6) is 0 Å². The molecule has 1 aromatic carbocycles. The number of hydrogen-bond acceptors (Lipinski definition) is 3. The van der Waals surface area contributed by atoms with Crippen molar-refractivity contribution in [3.63, 3.8) is 0 Å². The van der Waals surface area contributed by atoms with Crippen molar-refractivity contribution in [3.05, 3.63) is 35.9 Å². The highest BCUT2D eigenvalue weighted by Crippen LogP contribution is 2.11. The van der Waals surface area contributed by atoms with E-state index in [1.54, 1.807) is 0 Å². The van der Waals surface area contributed by atoms with E-state index in [2.05, 4.69) is 5.32 Å². The van der Waals surface area contributed by atoms with Crippen LogP contribution in [-0.4, -0.2) is 48.2 Å². The van der Waals surface area contributed by atoms with Gasteiger partial charge in [-0.15, -0.1) is 0 Å². The summed E-state index contributed by atoms with van der Waals surface area (Å²) in [6, 6.07) is 9.88. The highest BCUT2D eigenvalue weighted by Gasteiger charge is 2.24. The molecule has 1 heterocycles. The summed E-state index contributed by atoms with van der Waals surface area (Å²) in [5.74, 6) is 0.134. The molecule has 1 amide bonds. The van der Waals surface area contributed by atoms with Crippen molar-refractivity contribution in [1.82, 2.24) is 10.2 Å². The molecule has 4 heteroatoms. The minimum atomic E-state index is -0.111. The van der Waals surface area contributed by atoms with E-state index in [4.69, 9.17) is 0 Å². The number of aliphatic hydroxyl groups is 1. The third-order valence-electron chi connectivity index (χ3n) is 3.33. The normalized spacial score (nSPS) is 18.5. The lowest BCUT2D eigenvalue weighted by Crippen LogP contribution is -2.44. The molecular formula is C14H20N2O2. The predicted octanol–water partition coefficient (Wildman–Crippen LogP) is 0.412. The lowest BCUT2D eigenvalue weighted by Gasteiger charge is -2.29. The van der Waals surface area contributed by atoms with Gasteiger partial charge in [0.05, 0.1) is 12.6 Å². The molecule has 2 N–H and O–H groups in total. The molecule has 0 aliphatic carbocycles. The van der Waals surface area contributed by atoms with Crippen LogP contribution >= 0.6 is 0 Å². The molecule has 1 fully saturated rings. The Labute approximate surface area is 108 Å². The second kappa shape index (κ2) is 6.52. The molecule has 0 aromatic heterocycles. The Morgan fingerprint density at radius 3 is 2.78 bits per heavy atom. The zero-order valence-electron chi connectivity index (χ0n) is 10.5. The Hall–Kier alpha value is -1.39. The zero-order valence-corrected chi connectivity index (χ0v) is 10.5. The minimum Gasteiger partial charge on any atom is -0.394 e. The van der Waals surface area contributed by atoms with Crippen LogP contribution in [0.3, 0.4) is 0 Å². The summed E-state index contributed by atoms with van der Waals surface area (Å²) < 4.78 is 0. The van der Waals surface area contributed by atoms with Gasteiger partial charge in [0.15, 0.2) is 0 Å². The van der Waals surface area contributed by atoms with Gasteiger partial charge in [0.25, 0.3) is 0 Å². The van der Waals surface area contributed by atoms with Gasteiger partial charge in [0, 0.05) is 26.1 Å². The minimum absolute atomic E-state index is 0.0145. The Bertz CT molecular complexity index is 381. The maximum absolute atomic E-state index is 12.0. The van der Waals surface area contributed by atoms with E-state index in [9.17, 15) is 9.90 Å². The van der Waals surface area contributed by atoms with E-state index in [0.29, 0.717) is 19.4 Å². The molecule has 0 bridgehead atoms. The number of nitrogens with zero attached hydrogens (tertiary/aromatic N) is 1. The van der Waals surface area contributed by atoms with Crippen LogP contribution in [0.2, 0.25) is 0 Å². The topological polar surface area (TPSA) is 52.6 Å². The third-order valence-corrected chi connectivity index (χ3v) is 3.33. The zero-order chi connectivity index (χ0) is 12.8. The van der Waals surface area contributed by atoms with Crippen molar-refractivity contribution >= 4 is 5.91 Å². The van der Waals surface area contributed by atoms with Gasteiger partial charge in [0.2, 0.25) is 5.91 Å². The second-order valence-electron chi connectivity index (χ2n) is 4.61. The number of aliphatic hydroxyl groups excluding tert-OH is 1. The standard InChI is InChI=1S/C14H20N2O2/c17-11-13(10-12-4-2-1-3-5-12)16-9-8-15-7-6-14(16)18/h1-5,13,15,17H,6-11H2. The molecule has 1 atom stereocenters. The molecule has 1 aliphatic heterocycles. The molecule has 1 saturated heterocycles. The molecule has 18 heavy (non-hydrogen) atoms. The summed E-state index contributed by atoms with van der Waals surface area (Å²) in [5, 5.41) is 12.7. The van der Waals surface area contributed by atoms with Gasteiger partial charge < -0.3 is 15.3 Å². The number of hydrogen-bond donors (Lipinski definition) is 2. The molecule has 2 rings (SSSR count). The van der Waals surface area contributed by atoms with Crippen molar-refractivity contribution in [1.29, 1.82) is 0 Å². The summed E-state index contributed by atoms with van der Waals surface area (Å²) in [7, 11) is 0. The van der Waals surface area contributed by atoms with Crippen LogP contribution in [-0.2, 0) is 11.2 Å². The van der Waals surface area contributed by atoms with Crippen LogP contribution in [0.4, 0.5) is 0 Å². The lowest BCUT2D eigenvalue weighted by molar-refractivity contribution is -0.133. The monoisotopic (exact) mass is 248 g/mol. The molecule has 1 unspecified atom stereocenters. The molecule has 0 saturated carbocycles. The summed E-state index contributed by atoms with van der Waals surface area (Å²) in [6.45, 7) is 2.23. The van der Waals surface area contributed by atoms with E-state index < -0.39 is 0 Å². The van der Waals surface area contributed by atoms with Crippen molar-refractivity contribution in [2.45, 2.75) is 18.9 Å². The van der Waals surface area contributed by atoms with E-state index in [0.717, 1.165) is 18.7 Å². The number of carbonyl (C=O) groups excluding carboxylic acids is 1. The van der Waals surface area contributed by atoms with Gasteiger partial charge in [-0.2, -0.15) is 0 Å². The van der Waals surface area contributed by atoms with Crippen molar-refractivity contribution < 1.29 is 9.90 Å². The molecule has 0 radical (unpaired) electrons. The number of amides is 1. The van der Waals surface area contributed by atoms with Crippen LogP contribution in [0.1, 0.15) is 12.0 Å². The van der Waals surface area contributed by atoms with Crippen molar-refractivity contribution in [2.75, 3.05) is 26.2 Å². The molecule has 1 aromatic rings. The van der Waals surface area contributed by atoms with Crippen LogP contribution < -0.4 is 5.32 Å². The molecule has 98 valence electrons. The molecular weight excluding hydrogens is 228 g/mol. The van der Waals surface area contributed by atoms with Gasteiger partial charge in [0.1, 0.15) is 0 Å². The summed E-state index contributed by atoms with van der Waals surface area (Å²) in [5.41, 5.74) is 1.15. The number of carbonyl (C=O) groups is 1. The molecule has 1 aliphatic rings. The van der Waals surface area contributed by atoms with E-state index in [1.165, 1.54) is 0 Å². The quantitative estimate of drug-likeness (QED) is 0.811. The average Bonchev–Trinajstić information content (AvgIpc) is 2.62. The highest BCUT2D eigenvalue weighted by atomic mass is 16.3. The summed E-state index contributed by atoms with van der Waals surface area (Å²) >= 11 is 0. The maximum Gasteiger partial charge on any atom is 0.224 e. The van der Waals surface area contributed by atoms with E-state index in [1.807, 2.05) is 35.2 Å². The Balaban J connectivity index is 2.05. The van der Waals surface area contributed by atoms with Crippen LogP contribution in [0.25, 0.3) is 0 Å². The number of rotatable bonds is 4. The smallest absolute Gasteiger partial charge is 0.224 e. The van der Waals surface area contributed by atoms with Gasteiger partial charge in [-0.05, 0) is 12.0 Å². The number of benzene rings is 1. The summed E-state index contributed by atoms with van der Waals surface area (Å²) in [6.07, 6.45) is 1.23. The Morgan fingerprint density at radius 1 is 1.28 bits per heavy atom. The van der Waals surface area contributed by atoms with Gasteiger partial charge in [-0.1, -0.05) is 30.3 Å². The fraction of sp³-hybridized carbons (Fsp3) is 0.500. The van der Waals surface area contributed by atoms with Crippen molar-refractivity contribution in [3.8, 4) is 0 Å². The first-order valence-corrected chi connectivity index (χ1v) is 6.46. The average molecular weight is 248 g/mol. The van der Waals surface area contributed by atoms with E-state index in [-0.39, 0.29) is 18.6 Å². The lowest BCUT2D eigenvalue weighted by atomic mass is 10.0. The Morgan fingerprint density at radius 2 is 2.06 bits per heavy atom. The SMILES string of the molecule is O=C1CCNCCN1C(CO)Cc1ccccc1. The first-order chi connectivity index (χ1) is 8.81.